The predicted molar refractivity (Wildman–Crippen MR) is 104 cm³/mol. The number of hydrogen-bond acceptors (Lipinski definition) is 3. The highest BCUT2D eigenvalue weighted by Gasteiger charge is 2.14. The number of amides is 1. The van der Waals surface area contributed by atoms with E-state index < -0.39 is 0 Å². The molecule has 0 spiro atoms. The average molecular weight is 454 g/mol. The Kier molecular flexibility index (Phi) is 5.83. The van der Waals surface area contributed by atoms with Crippen LogP contribution in [0.15, 0.2) is 50.4 Å². The Morgan fingerprint density at radius 3 is 2.38 bits per heavy atom. The summed E-state index contributed by atoms with van der Waals surface area (Å²) in [6.45, 7) is 6.36. The van der Waals surface area contributed by atoms with Crippen LogP contribution in [0.2, 0.25) is 0 Å². The van der Waals surface area contributed by atoms with Gasteiger partial charge in [-0.2, -0.15) is 5.10 Å². The number of phenols is 1. The van der Waals surface area contributed by atoms with Crippen molar-refractivity contribution < 1.29 is 9.90 Å². The van der Waals surface area contributed by atoms with E-state index in [4.69, 9.17) is 0 Å². The molecule has 0 aromatic heterocycles. The molecule has 0 unspecified atom stereocenters. The molecule has 4 nitrogen and oxygen atoms in total. The van der Waals surface area contributed by atoms with Crippen LogP contribution in [0.25, 0.3) is 0 Å². The number of halogens is 2. The maximum absolute atomic E-state index is 12.1. The van der Waals surface area contributed by atoms with Crippen molar-refractivity contribution in [2.75, 3.05) is 0 Å². The number of aromatic hydroxyl groups is 1. The molecular formula is C18H18Br2N2O2. The Balaban J connectivity index is 2.08. The molecule has 0 aliphatic carbocycles. The van der Waals surface area contributed by atoms with Crippen molar-refractivity contribution in [2.45, 2.75) is 26.2 Å². The van der Waals surface area contributed by atoms with Crippen molar-refractivity contribution in [3.05, 3.63) is 62.0 Å². The lowest BCUT2D eigenvalue weighted by Crippen LogP contribution is -2.18. The van der Waals surface area contributed by atoms with E-state index in [1.54, 1.807) is 24.3 Å². The Bertz CT molecular complexity index is 779. The minimum Gasteiger partial charge on any atom is -0.506 e. The molecule has 6 heteroatoms. The molecule has 0 heterocycles. The monoisotopic (exact) mass is 452 g/mol. The van der Waals surface area contributed by atoms with Crippen LogP contribution in [-0.2, 0) is 5.41 Å². The van der Waals surface area contributed by atoms with Crippen LogP contribution in [0, 0.1) is 0 Å². The van der Waals surface area contributed by atoms with E-state index in [9.17, 15) is 9.90 Å². The highest BCUT2D eigenvalue weighted by Crippen LogP contribution is 2.30. The van der Waals surface area contributed by atoms with E-state index in [-0.39, 0.29) is 17.1 Å². The summed E-state index contributed by atoms with van der Waals surface area (Å²) in [6, 6.07) is 10.9. The maximum Gasteiger partial charge on any atom is 0.271 e. The van der Waals surface area contributed by atoms with Gasteiger partial charge in [-0.3, -0.25) is 4.79 Å². The predicted octanol–water partition coefficient (Wildman–Crippen LogP) is 4.98. The van der Waals surface area contributed by atoms with E-state index in [0.29, 0.717) is 15.6 Å². The number of phenolic OH excluding ortho intramolecular Hbond substituents is 1. The summed E-state index contributed by atoms with van der Waals surface area (Å²) in [5.74, 6) is -0.244. The minimum absolute atomic E-state index is 0.0404. The largest absolute Gasteiger partial charge is 0.506 e. The van der Waals surface area contributed by atoms with Gasteiger partial charge in [-0.1, -0.05) is 48.8 Å². The molecule has 0 saturated heterocycles. The van der Waals surface area contributed by atoms with Gasteiger partial charge in [0, 0.05) is 15.6 Å². The summed E-state index contributed by atoms with van der Waals surface area (Å²) in [6.07, 6.45) is 1.40. The SMILES string of the molecule is CC(C)(C)c1ccc(C(=O)N/N=C/c2cc(Br)cc(Br)c2O)cc1. The smallest absolute Gasteiger partial charge is 0.271 e. The van der Waals surface area contributed by atoms with Gasteiger partial charge < -0.3 is 5.11 Å². The second kappa shape index (κ2) is 7.49. The molecule has 0 radical (unpaired) electrons. The lowest BCUT2D eigenvalue weighted by atomic mass is 9.87. The van der Waals surface area contributed by atoms with Crippen LogP contribution in [0.5, 0.6) is 5.75 Å². The van der Waals surface area contributed by atoms with E-state index in [0.717, 1.165) is 10.0 Å². The summed E-state index contributed by atoms with van der Waals surface area (Å²) in [5.41, 5.74) is 4.67. The first kappa shape index (κ1) is 18.7. The van der Waals surface area contributed by atoms with Crippen molar-refractivity contribution in [1.29, 1.82) is 0 Å². The molecule has 2 N–H and O–H groups in total. The molecule has 0 aliphatic heterocycles. The van der Waals surface area contributed by atoms with E-state index in [1.807, 2.05) is 12.1 Å². The number of carbonyl (C=O) groups is 1. The number of nitrogens with zero attached hydrogens (tertiary/aromatic N) is 1. The van der Waals surface area contributed by atoms with Gasteiger partial charge in [0.25, 0.3) is 5.91 Å². The molecule has 0 atom stereocenters. The zero-order chi connectivity index (χ0) is 17.9. The zero-order valence-electron chi connectivity index (χ0n) is 13.6. The van der Waals surface area contributed by atoms with Gasteiger partial charge in [-0.05, 0) is 51.2 Å². The third-order valence-electron chi connectivity index (χ3n) is 3.44. The molecule has 0 aliphatic rings. The van der Waals surface area contributed by atoms with E-state index in [1.165, 1.54) is 6.21 Å². The van der Waals surface area contributed by atoms with E-state index in [2.05, 4.69) is 63.2 Å². The average Bonchev–Trinajstić information content (AvgIpc) is 2.51. The molecule has 0 saturated carbocycles. The molecule has 24 heavy (non-hydrogen) atoms. The summed E-state index contributed by atoms with van der Waals surface area (Å²) in [7, 11) is 0. The van der Waals surface area contributed by atoms with Gasteiger partial charge in [-0.15, -0.1) is 0 Å². The minimum atomic E-state index is -0.305. The Morgan fingerprint density at radius 2 is 1.79 bits per heavy atom. The van der Waals surface area contributed by atoms with Crippen LogP contribution in [-0.4, -0.2) is 17.2 Å². The highest BCUT2D eigenvalue weighted by molar-refractivity contribution is 9.11. The molecular weight excluding hydrogens is 436 g/mol. The second-order valence-corrected chi connectivity index (χ2v) is 8.12. The van der Waals surface area contributed by atoms with Crippen molar-refractivity contribution in [2.24, 2.45) is 5.10 Å². The van der Waals surface area contributed by atoms with Gasteiger partial charge in [0.2, 0.25) is 0 Å². The molecule has 2 rings (SSSR count). The zero-order valence-corrected chi connectivity index (χ0v) is 16.8. The van der Waals surface area contributed by atoms with Crippen LogP contribution >= 0.6 is 31.9 Å². The van der Waals surface area contributed by atoms with Gasteiger partial charge in [0.15, 0.2) is 0 Å². The lowest BCUT2D eigenvalue weighted by Gasteiger charge is -2.18. The maximum atomic E-state index is 12.1. The molecule has 2 aromatic rings. The van der Waals surface area contributed by atoms with Crippen molar-refractivity contribution in [1.82, 2.24) is 5.43 Å². The number of hydrogen-bond donors (Lipinski definition) is 2. The van der Waals surface area contributed by atoms with Crippen molar-refractivity contribution in [3.8, 4) is 5.75 Å². The fourth-order valence-corrected chi connectivity index (χ4v) is 3.29. The van der Waals surface area contributed by atoms with Crippen molar-refractivity contribution >= 4 is 44.0 Å². The van der Waals surface area contributed by atoms with Gasteiger partial charge in [-0.25, -0.2) is 5.43 Å². The first-order valence-corrected chi connectivity index (χ1v) is 8.89. The number of nitrogens with one attached hydrogen (secondary N) is 1. The third kappa shape index (κ3) is 4.68. The summed E-state index contributed by atoms with van der Waals surface area (Å²) < 4.78 is 1.33. The fourth-order valence-electron chi connectivity index (χ4n) is 2.03. The Labute approximate surface area is 158 Å². The van der Waals surface area contributed by atoms with Crippen LogP contribution in [0.1, 0.15) is 42.3 Å². The highest BCUT2D eigenvalue weighted by atomic mass is 79.9. The van der Waals surface area contributed by atoms with Crippen LogP contribution in [0.4, 0.5) is 0 Å². The molecule has 0 bridgehead atoms. The lowest BCUT2D eigenvalue weighted by molar-refractivity contribution is 0.0955. The molecule has 2 aromatic carbocycles. The number of benzene rings is 2. The second-order valence-electron chi connectivity index (χ2n) is 6.35. The molecule has 126 valence electrons. The van der Waals surface area contributed by atoms with Gasteiger partial charge in [0.1, 0.15) is 5.75 Å². The number of hydrazone groups is 1. The summed E-state index contributed by atoms with van der Waals surface area (Å²) >= 11 is 6.59. The van der Waals surface area contributed by atoms with Gasteiger partial charge >= 0.3 is 0 Å². The first-order chi connectivity index (χ1) is 11.2. The van der Waals surface area contributed by atoms with E-state index >= 15 is 0 Å². The van der Waals surface area contributed by atoms with Crippen molar-refractivity contribution in [3.63, 3.8) is 0 Å². The molecule has 0 fully saturated rings. The Morgan fingerprint density at radius 1 is 1.17 bits per heavy atom. The quantitative estimate of drug-likeness (QED) is 0.508. The van der Waals surface area contributed by atoms with Gasteiger partial charge in [0.05, 0.1) is 10.7 Å². The third-order valence-corrected chi connectivity index (χ3v) is 4.50. The van der Waals surface area contributed by atoms with Crippen LogP contribution < -0.4 is 5.43 Å². The molecule has 1 amide bonds. The summed E-state index contributed by atoms with van der Waals surface area (Å²) in [5, 5.41) is 13.8. The standard InChI is InChI=1S/C18H18Br2N2O2/c1-18(2,3)13-6-4-11(5-7-13)17(24)22-21-10-12-8-14(19)9-15(20)16(12)23/h4-10,23H,1-3H3,(H,22,24)/b21-10+. The summed E-state index contributed by atoms with van der Waals surface area (Å²) in [4.78, 5) is 12.1. The first-order valence-electron chi connectivity index (χ1n) is 7.30. The number of rotatable bonds is 3. The fraction of sp³-hybridized carbons (Fsp3) is 0.222. The van der Waals surface area contributed by atoms with Crippen LogP contribution in [0.3, 0.4) is 0 Å². The number of carbonyl (C=O) groups excluding carboxylic acids is 1. The normalized spacial score (nSPS) is 11.7. The topological polar surface area (TPSA) is 61.7 Å². The Hall–Kier alpha value is -1.66.